The molecule has 0 bridgehead atoms. The zero-order valence-corrected chi connectivity index (χ0v) is 15.8. The molecule has 0 spiro atoms. The Labute approximate surface area is 163 Å². The zero-order chi connectivity index (χ0) is 20.3. The van der Waals surface area contributed by atoms with E-state index in [1.165, 1.54) is 16.2 Å². The van der Waals surface area contributed by atoms with Crippen LogP contribution in [0.4, 0.5) is 0 Å². The van der Waals surface area contributed by atoms with Crippen LogP contribution in [0.15, 0.2) is 45.1 Å². The van der Waals surface area contributed by atoms with Gasteiger partial charge in [0.25, 0.3) is 5.56 Å². The minimum absolute atomic E-state index is 0.0206. The van der Waals surface area contributed by atoms with Crippen molar-refractivity contribution in [2.24, 2.45) is 12.8 Å². The number of imidazole rings is 1. The van der Waals surface area contributed by atoms with Crippen molar-refractivity contribution < 1.29 is 14.6 Å². The molecular formula is C17H19N5O5S. The average Bonchev–Trinajstić information content (AvgIpc) is 3.02. The van der Waals surface area contributed by atoms with Crippen LogP contribution in [0, 0.1) is 0 Å². The Hall–Kier alpha value is -3.05. The maximum atomic E-state index is 12.3. The highest BCUT2D eigenvalue weighted by molar-refractivity contribution is 7.99. The Morgan fingerprint density at radius 3 is 2.75 bits per heavy atom. The zero-order valence-electron chi connectivity index (χ0n) is 15.0. The van der Waals surface area contributed by atoms with Crippen LogP contribution < -0.4 is 21.7 Å². The molecule has 3 aromatic rings. The second-order valence-electron chi connectivity index (χ2n) is 6.03. The molecule has 0 unspecified atom stereocenters. The highest BCUT2D eigenvalue weighted by Gasteiger charge is 2.20. The topological polar surface area (TPSA) is 145 Å². The average molecular weight is 405 g/mol. The van der Waals surface area contributed by atoms with E-state index >= 15 is 0 Å². The number of carbonyl (C=O) groups is 1. The molecule has 2 heterocycles. The fourth-order valence-corrected chi connectivity index (χ4v) is 3.35. The second kappa shape index (κ2) is 8.31. The van der Waals surface area contributed by atoms with Gasteiger partial charge in [0.05, 0.1) is 12.3 Å². The molecule has 11 heteroatoms. The number of nitrogens with one attached hydrogen (secondary N) is 1. The second-order valence-corrected chi connectivity index (χ2v) is 6.97. The molecule has 0 aliphatic heterocycles. The van der Waals surface area contributed by atoms with Gasteiger partial charge >= 0.3 is 5.69 Å². The lowest BCUT2D eigenvalue weighted by Gasteiger charge is -2.15. The van der Waals surface area contributed by atoms with E-state index in [4.69, 9.17) is 10.5 Å². The number of amides is 1. The summed E-state index contributed by atoms with van der Waals surface area (Å²) < 4.78 is 8.18. The third kappa shape index (κ3) is 4.26. The van der Waals surface area contributed by atoms with Crippen LogP contribution in [0.2, 0.25) is 0 Å². The van der Waals surface area contributed by atoms with Gasteiger partial charge in [0, 0.05) is 7.05 Å². The number of aromatic amines is 1. The van der Waals surface area contributed by atoms with E-state index in [-0.39, 0.29) is 30.1 Å². The van der Waals surface area contributed by atoms with Gasteiger partial charge in [-0.1, -0.05) is 30.0 Å². The third-order valence-electron chi connectivity index (χ3n) is 3.89. The normalized spacial score (nSPS) is 12.2. The Morgan fingerprint density at radius 2 is 2.07 bits per heavy atom. The number of ether oxygens (including phenoxy) is 1. The molecular weight excluding hydrogens is 386 g/mol. The summed E-state index contributed by atoms with van der Waals surface area (Å²) in [5, 5.41) is 10.7. The Balaban J connectivity index is 1.91. The molecule has 3 rings (SSSR count). The van der Waals surface area contributed by atoms with E-state index in [1.807, 2.05) is 18.2 Å². The van der Waals surface area contributed by atoms with E-state index in [9.17, 15) is 19.5 Å². The van der Waals surface area contributed by atoms with Crippen LogP contribution in [-0.4, -0.2) is 48.6 Å². The molecule has 0 radical (unpaired) electrons. The highest BCUT2D eigenvalue weighted by Crippen LogP contribution is 2.22. The number of primary amides is 1. The van der Waals surface area contributed by atoms with Gasteiger partial charge in [-0.25, -0.2) is 9.78 Å². The number of H-pyrrole nitrogens is 1. The molecule has 10 nitrogen and oxygen atoms in total. The lowest BCUT2D eigenvalue weighted by molar-refractivity contribution is -0.115. The van der Waals surface area contributed by atoms with Gasteiger partial charge < -0.3 is 20.1 Å². The summed E-state index contributed by atoms with van der Waals surface area (Å²) in [6, 6.07) is 8.98. The number of aryl methyl sites for hydroxylation is 1. The number of aliphatic hydroxyl groups excluding tert-OH is 1. The van der Waals surface area contributed by atoms with Crippen molar-refractivity contribution in [3.8, 4) is 5.75 Å². The number of para-hydroxylation sites is 1. The number of carbonyl (C=O) groups excluding carboxylic acids is 1. The summed E-state index contributed by atoms with van der Waals surface area (Å²) in [5.74, 6) is -0.0221. The monoisotopic (exact) mass is 405 g/mol. The molecule has 0 aliphatic rings. The predicted octanol–water partition coefficient (Wildman–Crippen LogP) is -0.559. The van der Waals surface area contributed by atoms with Gasteiger partial charge in [-0.15, -0.1) is 0 Å². The van der Waals surface area contributed by atoms with Gasteiger partial charge in [-0.2, -0.15) is 0 Å². The summed E-state index contributed by atoms with van der Waals surface area (Å²) >= 11 is 1.02. The molecule has 1 atom stereocenters. The van der Waals surface area contributed by atoms with Crippen molar-refractivity contribution in [3.05, 3.63) is 51.2 Å². The van der Waals surface area contributed by atoms with Crippen LogP contribution in [0.1, 0.15) is 0 Å². The number of thioether (sulfide) groups is 1. The number of nitrogens with two attached hydrogens (primary N) is 1. The summed E-state index contributed by atoms with van der Waals surface area (Å²) in [6.07, 6.45) is -0.970. The van der Waals surface area contributed by atoms with Gasteiger partial charge in [-0.3, -0.25) is 19.1 Å². The van der Waals surface area contributed by atoms with Crippen LogP contribution in [0.3, 0.4) is 0 Å². The van der Waals surface area contributed by atoms with Crippen LogP contribution in [0.25, 0.3) is 11.2 Å². The summed E-state index contributed by atoms with van der Waals surface area (Å²) in [5.41, 5.74) is 4.22. The molecule has 28 heavy (non-hydrogen) atoms. The van der Waals surface area contributed by atoms with Gasteiger partial charge in [0.15, 0.2) is 16.3 Å². The first-order valence-corrected chi connectivity index (χ1v) is 9.32. The van der Waals surface area contributed by atoms with Crippen molar-refractivity contribution in [3.63, 3.8) is 0 Å². The smallest absolute Gasteiger partial charge is 0.329 e. The highest BCUT2D eigenvalue weighted by atomic mass is 32.2. The Kier molecular flexibility index (Phi) is 5.85. The molecule has 148 valence electrons. The summed E-state index contributed by atoms with van der Waals surface area (Å²) in [4.78, 5) is 41.8. The van der Waals surface area contributed by atoms with Crippen LogP contribution >= 0.6 is 11.8 Å². The lowest BCUT2D eigenvalue weighted by atomic mass is 10.3. The predicted molar refractivity (Wildman–Crippen MR) is 103 cm³/mol. The summed E-state index contributed by atoms with van der Waals surface area (Å²) in [6.45, 7) is -0.0427. The maximum absolute atomic E-state index is 12.3. The van der Waals surface area contributed by atoms with Crippen LogP contribution in [-0.2, 0) is 18.4 Å². The number of hydrogen-bond donors (Lipinski definition) is 3. The molecule has 0 saturated heterocycles. The minimum Gasteiger partial charge on any atom is -0.491 e. The molecule has 0 aliphatic carbocycles. The largest absolute Gasteiger partial charge is 0.491 e. The first-order valence-electron chi connectivity index (χ1n) is 8.33. The van der Waals surface area contributed by atoms with Gasteiger partial charge in [0.2, 0.25) is 5.91 Å². The Morgan fingerprint density at radius 1 is 1.36 bits per heavy atom. The number of hydrogen-bond acceptors (Lipinski definition) is 7. The first-order chi connectivity index (χ1) is 13.4. The molecule has 1 amide bonds. The minimum atomic E-state index is -0.970. The Bertz CT molecular complexity index is 1100. The SMILES string of the molecule is Cn1c(=O)[nH]c(=O)c2c1nc(SCC(N)=O)n2C[C@H](O)COc1ccccc1. The van der Waals surface area contributed by atoms with E-state index < -0.39 is 23.3 Å². The number of aromatic nitrogens is 4. The van der Waals surface area contributed by atoms with Crippen molar-refractivity contribution in [1.29, 1.82) is 0 Å². The van der Waals surface area contributed by atoms with Crippen LogP contribution in [0.5, 0.6) is 5.75 Å². The lowest BCUT2D eigenvalue weighted by Crippen LogP contribution is -2.30. The maximum Gasteiger partial charge on any atom is 0.329 e. The first kappa shape index (κ1) is 19.7. The third-order valence-corrected chi connectivity index (χ3v) is 4.89. The molecule has 1 aromatic carbocycles. The number of aliphatic hydroxyl groups is 1. The molecule has 0 fully saturated rings. The fourth-order valence-electron chi connectivity index (χ4n) is 2.60. The van der Waals surface area contributed by atoms with Gasteiger partial charge in [0.1, 0.15) is 18.5 Å². The van der Waals surface area contributed by atoms with Crippen molar-refractivity contribution in [1.82, 2.24) is 19.1 Å². The quantitative estimate of drug-likeness (QED) is 0.426. The van der Waals surface area contributed by atoms with Crippen molar-refractivity contribution >= 4 is 28.8 Å². The van der Waals surface area contributed by atoms with Crippen molar-refractivity contribution in [2.75, 3.05) is 12.4 Å². The fraction of sp³-hybridized carbons (Fsp3) is 0.294. The van der Waals surface area contributed by atoms with E-state index in [0.717, 1.165) is 11.8 Å². The number of fused-ring (bicyclic) bond motifs is 1. The molecule has 0 saturated carbocycles. The van der Waals surface area contributed by atoms with Crippen molar-refractivity contribution in [2.45, 2.75) is 17.8 Å². The standard InChI is InChI=1S/C17H19N5O5S/c1-21-14-13(15(25)20-16(21)26)22(17(19-14)28-9-12(18)24)7-10(23)8-27-11-5-3-2-4-6-11/h2-6,10,23H,7-9H2,1H3,(H2,18,24)(H,20,25,26)/t10-/m0/s1. The molecule has 4 N–H and O–H groups in total. The number of nitrogens with zero attached hydrogens (tertiary/aromatic N) is 3. The number of benzene rings is 1. The van der Waals surface area contributed by atoms with E-state index in [0.29, 0.717) is 10.9 Å². The molecule has 2 aromatic heterocycles. The van der Waals surface area contributed by atoms with E-state index in [1.54, 1.807) is 12.1 Å². The van der Waals surface area contributed by atoms with Gasteiger partial charge in [-0.05, 0) is 12.1 Å². The number of rotatable bonds is 8. The van der Waals surface area contributed by atoms with E-state index in [2.05, 4.69) is 9.97 Å². The summed E-state index contributed by atoms with van der Waals surface area (Å²) in [7, 11) is 1.47.